The fourth-order valence-electron chi connectivity index (χ4n) is 3.75. The second-order valence-electron chi connectivity index (χ2n) is 7.45. The van der Waals surface area contributed by atoms with Gasteiger partial charge in [0, 0.05) is 60.7 Å². The molecule has 8 heteroatoms. The number of piperazine rings is 1. The van der Waals surface area contributed by atoms with Gasteiger partial charge in [0.25, 0.3) is 0 Å². The molecular weight excluding hydrogens is 419 g/mol. The second-order valence-corrected chi connectivity index (χ2v) is 8.28. The summed E-state index contributed by atoms with van der Waals surface area (Å²) in [5.41, 5.74) is 2.94. The van der Waals surface area contributed by atoms with Gasteiger partial charge in [-0.05, 0) is 49.7 Å². The molecule has 3 aromatic rings. The van der Waals surface area contributed by atoms with Crippen molar-refractivity contribution >= 4 is 45.7 Å². The molecule has 1 aliphatic rings. The van der Waals surface area contributed by atoms with Crippen molar-refractivity contribution in [3.8, 4) is 0 Å². The van der Waals surface area contributed by atoms with Gasteiger partial charge in [0.15, 0.2) is 0 Å². The number of halogens is 2. The highest BCUT2D eigenvalue weighted by Gasteiger charge is 2.18. The first-order valence-corrected chi connectivity index (χ1v) is 11.2. The molecule has 3 heterocycles. The molecule has 0 unspecified atom stereocenters. The summed E-state index contributed by atoms with van der Waals surface area (Å²) in [6.45, 7) is 8.06. The van der Waals surface area contributed by atoms with Crippen molar-refractivity contribution in [2.75, 3.05) is 49.5 Å². The number of likely N-dealkylation sites (N-methyl/N-ethyl adjacent to an activating group) is 1. The fourth-order valence-corrected chi connectivity index (χ4v) is 4.12. The van der Waals surface area contributed by atoms with Gasteiger partial charge in [0.1, 0.15) is 5.15 Å². The maximum absolute atomic E-state index is 6.29. The van der Waals surface area contributed by atoms with E-state index in [-0.39, 0.29) is 0 Å². The number of pyridine rings is 1. The Labute approximate surface area is 187 Å². The van der Waals surface area contributed by atoms with Gasteiger partial charge in [-0.2, -0.15) is 0 Å². The van der Waals surface area contributed by atoms with E-state index in [1.165, 1.54) is 0 Å². The van der Waals surface area contributed by atoms with Crippen molar-refractivity contribution < 1.29 is 0 Å². The number of hydrogen-bond donors (Lipinski definition) is 1. The first-order chi connectivity index (χ1) is 14.6. The molecule has 0 saturated carbocycles. The molecule has 0 bridgehead atoms. The lowest BCUT2D eigenvalue weighted by atomic mass is 10.1. The van der Waals surface area contributed by atoms with Gasteiger partial charge in [0.2, 0.25) is 5.95 Å². The number of benzene rings is 1. The van der Waals surface area contributed by atoms with Crippen LogP contribution in [-0.4, -0.2) is 59.1 Å². The average molecular weight is 445 g/mol. The minimum atomic E-state index is 0.512. The summed E-state index contributed by atoms with van der Waals surface area (Å²) in [7, 11) is 0. The van der Waals surface area contributed by atoms with Crippen molar-refractivity contribution in [3.63, 3.8) is 0 Å². The maximum atomic E-state index is 6.29. The Kier molecular flexibility index (Phi) is 6.87. The number of anilines is 2. The Balaban J connectivity index is 1.35. The summed E-state index contributed by atoms with van der Waals surface area (Å²) in [6, 6.07) is 9.64. The van der Waals surface area contributed by atoms with Crippen LogP contribution in [0.1, 0.15) is 19.0 Å². The average Bonchev–Trinajstić information content (AvgIpc) is 2.76. The van der Waals surface area contributed by atoms with Crippen molar-refractivity contribution in [1.82, 2.24) is 19.9 Å². The summed E-state index contributed by atoms with van der Waals surface area (Å²) in [5.74, 6) is 0.748. The Morgan fingerprint density at radius 3 is 2.67 bits per heavy atom. The molecule has 0 spiro atoms. The van der Waals surface area contributed by atoms with Crippen LogP contribution >= 0.6 is 23.2 Å². The standard InChI is InChI=1S/C22H26Cl2N6/c1-2-29-10-12-30(13-11-29)22-27-17(15-21(24)28-22)4-3-8-25-19-7-9-26-20-14-16(23)5-6-18(19)20/h5-7,9,14-15H,2-4,8,10-13H2,1H3,(H,25,26). The predicted molar refractivity (Wildman–Crippen MR) is 125 cm³/mol. The van der Waals surface area contributed by atoms with Crippen LogP contribution in [0.3, 0.4) is 0 Å². The maximum Gasteiger partial charge on any atom is 0.227 e. The van der Waals surface area contributed by atoms with E-state index >= 15 is 0 Å². The number of nitrogens with one attached hydrogen (secondary N) is 1. The number of hydrogen-bond acceptors (Lipinski definition) is 6. The van der Waals surface area contributed by atoms with Crippen LogP contribution in [0.5, 0.6) is 0 Å². The molecule has 1 N–H and O–H groups in total. The molecule has 1 aliphatic heterocycles. The normalized spacial score (nSPS) is 15.0. The smallest absolute Gasteiger partial charge is 0.227 e. The van der Waals surface area contributed by atoms with Crippen LogP contribution in [0.4, 0.5) is 11.6 Å². The molecule has 0 aliphatic carbocycles. The van der Waals surface area contributed by atoms with Crippen LogP contribution in [0.15, 0.2) is 36.5 Å². The van der Waals surface area contributed by atoms with E-state index < -0.39 is 0 Å². The molecule has 0 amide bonds. The first kappa shape index (κ1) is 21.1. The van der Waals surface area contributed by atoms with Gasteiger partial charge in [-0.1, -0.05) is 30.1 Å². The Morgan fingerprint density at radius 2 is 1.87 bits per heavy atom. The Hall–Kier alpha value is -2.15. The monoisotopic (exact) mass is 444 g/mol. The van der Waals surface area contributed by atoms with E-state index in [2.05, 4.69) is 32.0 Å². The largest absolute Gasteiger partial charge is 0.384 e. The zero-order valence-electron chi connectivity index (χ0n) is 17.1. The third kappa shape index (κ3) is 5.12. The van der Waals surface area contributed by atoms with Crippen LogP contribution in [-0.2, 0) is 6.42 Å². The third-order valence-corrected chi connectivity index (χ3v) is 5.90. The lowest BCUT2D eigenvalue weighted by Crippen LogP contribution is -2.46. The predicted octanol–water partition coefficient (Wildman–Crippen LogP) is 4.52. The number of aryl methyl sites for hydroxylation is 1. The molecule has 30 heavy (non-hydrogen) atoms. The van der Waals surface area contributed by atoms with Gasteiger partial charge in [-0.3, -0.25) is 4.98 Å². The minimum absolute atomic E-state index is 0.512. The molecule has 2 aromatic heterocycles. The highest BCUT2D eigenvalue weighted by atomic mass is 35.5. The fraction of sp³-hybridized carbons (Fsp3) is 0.409. The van der Waals surface area contributed by atoms with E-state index in [4.69, 9.17) is 28.2 Å². The molecule has 1 fully saturated rings. The first-order valence-electron chi connectivity index (χ1n) is 10.4. The lowest BCUT2D eigenvalue weighted by molar-refractivity contribution is 0.270. The summed E-state index contributed by atoms with van der Waals surface area (Å²) in [5, 5.41) is 5.78. The zero-order valence-corrected chi connectivity index (χ0v) is 18.6. The SMILES string of the molecule is CCN1CCN(c2nc(Cl)cc(CCCNc3ccnc4cc(Cl)ccc34)n2)CC1. The molecule has 0 radical (unpaired) electrons. The Morgan fingerprint density at radius 1 is 1.03 bits per heavy atom. The van der Waals surface area contributed by atoms with Crippen molar-refractivity contribution in [3.05, 3.63) is 52.4 Å². The highest BCUT2D eigenvalue weighted by molar-refractivity contribution is 6.31. The van der Waals surface area contributed by atoms with Crippen LogP contribution < -0.4 is 10.2 Å². The minimum Gasteiger partial charge on any atom is -0.384 e. The zero-order chi connectivity index (χ0) is 20.9. The van der Waals surface area contributed by atoms with Gasteiger partial charge >= 0.3 is 0 Å². The molecule has 4 rings (SSSR count). The van der Waals surface area contributed by atoms with Crippen molar-refractivity contribution in [1.29, 1.82) is 0 Å². The molecule has 1 aromatic carbocycles. The number of rotatable bonds is 7. The van der Waals surface area contributed by atoms with Gasteiger partial charge in [-0.15, -0.1) is 0 Å². The van der Waals surface area contributed by atoms with E-state index in [9.17, 15) is 0 Å². The van der Waals surface area contributed by atoms with Crippen LogP contribution in [0.25, 0.3) is 10.9 Å². The molecule has 1 saturated heterocycles. The van der Waals surface area contributed by atoms with E-state index in [0.29, 0.717) is 10.2 Å². The second kappa shape index (κ2) is 9.77. The van der Waals surface area contributed by atoms with E-state index in [1.807, 2.05) is 30.3 Å². The van der Waals surface area contributed by atoms with E-state index in [1.54, 1.807) is 6.20 Å². The summed E-state index contributed by atoms with van der Waals surface area (Å²) >= 11 is 12.4. The molecule has 6 nitrogen and oxygen atoms in total. The third-order valence-electron chi connectivity index (χ3n) is 5.47. The van der Waals surface area contributed by atoms with E-state index in [0.717, 1.165) is 80.3 Å². The Bertz CT molecular complexity index is 1000. The number of nitrogens with zero attached hydrogens (tertiary/aromatic N) is 5. The quantitative estimate of drug-likeness (QED) is 0.427. The molecule has 158 valence electrons. The highest BCUT2D eigenvalue weighted by Crippen LogP contribution is 2.24. The molecular formula is C22H26Cl2N6. The van der Waals surface area contributed by atoms with Crippen molar-refractivity contribution in [2.24, 2.45) is 0 Å². The summed E-state index contributed by atoms with van der Waals surface area (Å²) in [6.07, 6.45) is 3.58. The van der Waals surface area contributed by atoms with Crippen LogP contribution in [0.2, 0.25) is 10.2 Å². The van der Waals surface area contributed by atoms with Gasteiger partial charge in [0.05, 0.1) is 5.52 Å². The lowest BCUT2D eigenvalue weighted by Gasteiger charge is -2.34. The number of fused-ring (bicyclic) bond motifs is 1. The van der Waals surface area contributed by atoms with Crippen molar-refractivity contribution in [2.45, 2.75) is 19.8 Å². The van der Waals surface area contributed by atoms with Gasteiger partial charge in [-0.25, -0.2) is 9.97 Å². The summed E-state index contributed by atoms with van der Waals surface area (Å²) in [4.78, 5) is 18.3. The van der Waals surface area contributed by atoms with Gasteiger partial charge < -0.3 is 15.1 Å². The topological polar surface area (TPSA) is 57.2 Å². The summed E-state index contributed by atoms with van der Waals surface area (Å²) < 4.78 is 0. The molecule has 0 atom stereocenters. The van der Waals surface area contributed by atoms with Crippen LogP contribution in [0, 0.1) is 0 Å². The number of aromatic nitrogens is 3.